The van der Waals surface area contributed by atoms with Crippen molar-refractivity contribution in [1.82, 2.24) is 14.7 Å². The van der Waals surface area contributed by atoms with E-state index in [4.69, 9.17) is 35.3 Å². The lowest BCUT2D eigenvalue weighted by atomic mass is 9.78. The second-order valence-electron chi connectivity index (χ2n) is 18.4. The summed E-state index contributed by atoms with van der Waals surface area (Å²) >= 11 is 6.14. The number of benzene rings is 1. The molecule has 12 nitrogen and oxygen atoms in total. The molecule has 1 spiro atoms. The summed E-state index contributed by atoms with van der Waals surface area (Å²) in [6.45, 7) is 18.3. The number of aliphatic hydroxyl groups excluding tert-OH is 2. The van der Waals surface area contributed by atoms with Gasteiger partial charge >= 0.3 is 5.97 Å². The zero-order chi connectivity index (χ0) is 41.3. The van der Waals surface area contributed by atoms with E-state index in [-0.39, 0.29) is 18.1 Å². The van der Waals surface area contributed by atoms with Gasteiger partial charge in [0, 0.05) is 62.0 Å². The number of fused-ring (bicyclic) bond motifs is 3. The number of carbonyl (C=O) groups is 1. The molecule has 4 aliphatic rings. The third-order valence-corrected chi connectivity index (χ3v) is 13.7. The summed E-state index contributed by atoms with van der Waals surface area (Å²) < 4.78 is 34.3. The molecule has 4 heterocycles. The smallest absolute Gasteiger partial charge is 0.311 e. The van der Waals surface area contributed by atoms with E-state index in [1.165, 1.54) is 5.56 Å². The van der Waals surface area contributed by atoms with Gasteiger partial charge in [0.05, 0.1) is 29.8 Å². The van der Waals surface area contributed by atoms with Crippen LogP contribution in [0.1, 0.15) is 93.1 Å². The fourth-order valence-corrected chi connectivity index (χ4v) is 10.1. The first-order valence-electron chi connectivity index (χ1n) is 21.0. The molecule has 3 N–H and O–H groups in total. The molecule has 4 saturated heterocycles. The Morgan fingerprint density at radius 2 is 1.68 bits per heavy atom. The van der Waals surface area contributed by atoms with Crippen LogP contribution < -0.4 is 0 Å². The maximum absolute atomic E-state index is 14.3. The second kappa shape index (κ2) is 18.5. The number of hydrogen-bond donors (Lipinski definition) is 3. The minimum absolute atomic E-state index is 0.0315. The lowest BCUT2D eigenvalue weighted by molar-refractivity contribution is -0.332. The molecule has 5 rings (SSSR count). The highest BCUT2D eigenvalue weighted by Crippen LogP contribution is 2.48. The van der Waals surface area contributed by atoms with Gasteiger partial charge in [0.2, 0.25) is 0 Å². The molecule has 4 aliphatic heterocycles. The minimum Gasteiger partial charge on any atom is -0.459 e. The summed E-state index contributed by atoms with van der Waals surface area (Å²) in [7, 11) is 5.85. The van der Waals surface area contributed by atoms with Gasteiger partial charge in [-0.2, -0.15) is 0 Å². The Bertz CT molecular complexity index is 1430. The van der Waals surface area contributed by atoms with Gasteiger partial charge in [-0.25, -0.2) is 0 Å². The Hall–Kier alpha value is -1.42. The predicted octanol–water partition coefficient (Wildman–Crippen LogP) is 4.73. The van der Waals surface area contributed by atoms with Gasteiger partial charge in [0.1, 0.15) is 23.9 Å². The molecule has 0 aliphatic carbocycles. The number of nitrogens with zero attached hydrogens (tertiary/aromatic N) is 3. The number of carbonyl (C=O) groups excluding carboxylic acids is 1. The van der Waals surface area contributed by atoms with Crippen LogP contribution in [0, 0.1) is 17.8 Å². The van der Waals surface area contributed by atoms with E-state index in [1.54, 1.807) is 6.92 Å². The first-order valence-corrected chi connectivity index (χ1v) is 21.4. The molecule has 0 radical (unpaired) electrons. The van der Waals surface area contributed by atoms with Crippen LogP contribution in [-0.2, 0) is 34.9 Å². The van der Waals surface area contributed by atoms with Crippen molar-refractivity contribution in [3.63, 3.8) is 0 Å². The molecule has 14 atom stereocenters. The van der Waals surface area contributed by atoms with Crippen LogP contribution in [0.4, 0.5) is 0 Å². The summed E-state index contributed by atoms with van der Waals surface area (Å²) in [5.74, 6) is -2.75. The van der Waals surface area contributed by atoms with Crippen molar-refractivity contribution in [2.24, 2.45) is 17.8 Å². The minimum atomic E-state index is -1.71. The van der Waals surface area contributed by atoms with Crippen LogP contribution in [0.2, 0.25) is 5.02 Å². The third-order valence-electron chi connectivity index (χ3n) is 13.4. The Labute approximate surface area is 341 Å². The monoisotopic (exact) mass is 809 g/mol. The zero-order valence-electron chi connectivity index (χ0n) is 35.8. The van der Waals surface area contributed by atoms with Crippen molar-refractivity contribution in [3.8, 4) is 0 Å². The lowest BCUT2D eigenvalue weighted by Crippen LogP contribution is -2.60. The quantitative estimate of drug-likeness (QED) is 0.329. The van der Waals surface area contributed by atoms with Crippen LogP contribution in [0.15, 0.2) is 24.3 Å². The van der Waals surface area contributed by atoms with Crippen molar-refractivity contribution in [2.45, 2.75) is 166 Å². The molecule has 0 amide bonds. The van der Waals surface area contributed by atoms with Gasteiger partial charge in [-0.3, -0.25) is 4.79 Å². The standard InChI is InChI=1S/C43H72ClN3O9/c1-12-34-42(8,51)37(49)30(6)46(11)25-26(2)24-41(7)38(54-40-35(48)33(45(9)10)23-27(3)52-40)28(4)36(29(5)39(50)53-34)55-43(56-41)18-21-47(22-19-43)20-17-31-13-15-32(44)16-14-31/h13-16,26-30,33-38,40,48-49,51H,12,17-25H2,1-11H3/t26-,27-,28+,29-,30-,33+,34-,35-,36+,37-,38-,40+,41-,42-/m1/s1. The second-order valence-corrected chi connectivity index (χ2v) is 18.8. The summed E-state index contributed by atoms with van der Waals surface area (Å²) in [6, 6.07) is 7.36. The average molecular weight is 811 g/mol. The molecule has 0 saturated carbocycles. The molecule has 1 aromatic carbocycles. The van der Waals surface area contributed by atoms with Crippen molar-refractivity contribution in [3.05, 3.63) is 34.9 Å². The Kier molecular flexibility index (Phi) is 15.1. The first-order chi connectivity index (χ1) is 26.2. The largest absolute Gasteiger partial charge is 0.459 e. The number of ether oxygens (including phenoxy) is 5. The number of likely N-dealkylation sites (tertiary alicyclic amines) is 1. The Balaban J connectivity index is 1.55. The molecule has 0 unspecified atom stereocenters. The summed E-state index contributed by atoms with van der Waals surface area (Å²) in [5, 5.41) is 35.8. The number of likely N-dealkylation sites (N-methyl/N-ethyl adjacent to an activating group) is 2. The van der Waals surface area contributed by atoms with Gasteiger partial charge in [-0.15, -0.1) is 0 Å². The summed E-state index contributed by atoms with van der Waals surface area (Å²) in [5.41, 5.74) is -1.44. The fraction of sp³-hybridized carbons (Fsp3) is 0.837. The maximum atomic E-state index is 14.3. The molecular weight excluding hydrogens is 738 g/mol. The molecule has 4 fully saturated rings. The maximum Gasteiger partial charge on any atom is 0.311 e. The van der Waals surface area contributed by atoms with E-state index >= 15 is 0 Å². The summed E-state index contributed by atoms with van der Waals surface area (Å²) in [6.07, 6.45) is -2.00. The number of piperidine rings is 1. The number of rotatable bonds is 7. The van der Waals surface area contributed by atoms with Crippen molar-refractivity contribution < 1.29 is 43.8 Å². The van der Waals surface area contributed by atoms with Gasteiger partial charge in [0.25, 0.3) is 0 Å². The highest BCUT2D eigenvalue weighted by atomic mass is 35.5. The van der Waals surface area contributed by atoms with Gasteiger partial charge < -0.3 is 53.7 Å². The van der Waals surface area contributed by atoms with E-state index in [0.29, 0.717) is 38.6 Å². The van der Waals surface area contributed by atoms with Crippen molar-refractivity contribution >= 4 is 17.6 Å². The van der Waals surface area contributed by atoms with E-state index in [0.717, 1.165) is 31.1 Å². The Morgan fingerprint density at radius 3 is 2.29 bits per heavy atom. The molecule has 2 bridgehead atoms. The molecule has 0 aromatic heterocycles. The van der Waals surface area contributed by atoms with Gasteiger partial charge in [-0.05, 0) is 105 Å². The van der Waals surface area contributed by atoms with E-state index in [9.17, 15) is 20.1 Å². The van der Waals surface area contributed by atoms with Gasteiger partial charge in [0.15, 0.2) is 12.1 Å². The van der Waals surface area contributed by atoms with Crippen LogP contribution in [-0.4, -0.2) is 155 Å². The SMILES string of the molecule is CC[C@H]1OC(=O)[C@H](C)[C@H]2OC3(CCN(CCc4ccc(Cl)cc4)CC3)O[C@](C)(C[C@@H](C)CN(C)[C@H](C)[C@@H](O)[C@]1(C)O)[C@H](O[C@@H]1O[C@H](C)C[C@H](N(C)C)[C@H]1O)[C@H]2C. The molecule has 13 heteroatoms. The zero-order valence-corrected chi connectivity index (χ0v) is 36.6. The van der Waals surface area contributed by atoms with Crippen LogP contribution in [0.25, 0.3) is 0 Å². The van der Waals surface area contributed by atoms with Crippen molar-refractivity contribution in [2.75, 3.05) is 47.3 Å². The highest BCUT2D eigenvalue weighted by molar-refractivity contribution is 6.30. The van der Waals surface area contributed by atoms with Gasteiger partial charge in [-0.1, -0.05) is 44.5 Å². The van der Waals surface area contributed by atoms with E-state index < -0.39 is 77.6 Å². The lowest BCUT2D eigenvalue weighted by Gasteiger charge is -2.49. The number of cyclic esters (lactones) is 1. The van der Waals surface area contributed by atoms with Crippen LogP contribution >= 0.6 is 11.6 Å². The number of esters is 1. The van der Waals surface area contributed by atoms with E-state index in [2.05, 4.69) is 30.9 Å². The normalized spacial score (nSPS) is 42.2. The fourth-order valence-electron chi connectivity index (χ4n) is 9.98. The highest BCUT2D eigenvalue weighted by Gasteiger charge is 2.58. The average Bonchev–Trinajstić information content (AvgIpc) is 3.22. The molecule has 56 heavy (non-hydrogen) atoms. The molecule has 1 aromatic rings. The topological polar surface area (TPSA) is 134 Å². The number of hydrogen-bond acceptors (Lipinski definition) is 12. The predicted molar refractivity (Wildman–Crippen MR) is 216 cm³/mol. The molecular formula is C43H72ClN3O9. The number of aliphatic hydroxyl groups is 3. The number of halogens is 1. The Morgan fingerprint density at radius 1 is 1.04 bits per heavy atom. The summed E-state index contributed by atoms with van der Waals surface area (Å²) in [4.78, 5) is 20.8. The van der Waals surface area contributed by atoms with Crippen LogP contribution in [0.5, 0.6) is 0 Å². The van der Waals surface area contributed by atoms with Crippen LogP contribution in [0.3, 0.4) is 0 Å². The van der Waals surface area contributed by atoms with Crippen molar-refractivity contribution in [1.29, 1.82) is 0 Å². The molecule has 320 valence electrons. The van der Waals surface area contributed by atoms with E-state index in [1.807, 2.05) is 77.7 Å². The third kappa shape index (κ3) is 10.1. The first kappa shape index (κ1) is 45.7.